The highest BCUT2D eigenvalue weighted by Gasteiger charge is 2.25. The molecule has 0 aliphatic rings. The minimum absolute atomic E-state index is 0.00981. The van der Waals surface area contributed by atoms with E-state index in [0.29, 0.717) is 10.8 Å². The SMILES string of the molecule is CCOP(=S)(OCC)OC(=O)/C=N\OCC(CC(=O)OC(C)(C)C)c1csc(N)n1. The molecule has 2 N–H and O–H groups in total. The molecule has 170 valence electrons. The molecule has 30 heavy (non-hydrogen) atoms. The van der Waals surface area contributed by atoms with Crippen molar-refractivity contribution in [2.75, 3.05) is 25.6 Å². The lowest BCUT2D eigenvalue weighted by molar-refractivity contribution is -0.155. The maximum absolute atomic E-state index is 12.2. The number of carbonyl (C=O) groups is 2. The highest BCUT2D eigenvalue weighted by Crippen LogP contribution is 2.49. The van der Waals surface area contributed by atoms with Gasteiger partial charge in [0.25, 0.3) is 0 Å². The molecular weight excluding hydrogens is 453 g/mol. The molecule has 0 aromatic carbocycles. The third-order valence-corrected chi connectivity index (χ3v) is 6.18. The normalized spacial score (nSPS) is 13.2. The summed E-state index contributed by atoms with van der Waals surface area (Å²) < 4.78 is 20.8. The van der Waals surface area contributed by atoms with E-state index in [-0.39, 0.29) is 26.2 Å². The molecule has 0 saturated heterocycles. The lowest BCUT2D eigenvalue weighted by atomic mass is 10.0. The predicted octanol–water partition coefficient (Wildman–Crippen LogP) is 3.38. The van der Waals surface area contributed by atoms with Gasteiger partial charge in [0, 0.05) is 23.1 Å². The van der Waals surface area contributed by atoms with Crippen molar-refractivity contribution >= 4 is 53.1 Å². The van der Waals surface area contributed by atoms with Crippen LogP contribution >= 0.6 is 18.1 Å². The Bertz CT molecular complexity index is 770. The summed E-state index contributed by atoms with van der Waals surface area (Å²) in [4.78, 5) is 33.5. The molecule has 0 spiro atoms. The van der Waals surface area contributed by atoms with Crippen LogP contribution in [0.2, 0.25) is 0 Å². The summed E-state index contributed by atoms with van der Waals surface area (Å²) in [7, 11) is 0. The highest BCUT2D eigenvalue weighted by molar-refractivity contribution is 8.07. The Balaban J connectivity index is 2.69. The molecule has 1 heterocycles. The number of nitrogens with two attached hydrogens (primary N) is 1. The van der Waals surface area contributed by atoms with Crippen molar-refractivity contribution in [1.29, 1.82) is 0 Å². The van der Waals surface area contributed by atoms with Crippen molar-refractivity contribution in [2.24, 2.45) is 5.16 Å². The molecule has 1 rings (SSSR count). The van der Waals surface area contributed by atoms with E-state index in [1.165, 1.54) is 11.3 Å². The van der Waals surface area contributed by atoms with Crippen molar-refractivity contribution in [1.82, 2.24) is 4.98 Å². The molecule has 10 nitrogen and oxygen atoms in total. The fraction of sp³-hybridized carbons (Fsp3) is 0.647. The summed E-state index contributed by atoms with van der Waals surface area (Å²) in [5.41, 5.74) is 5.64. The maximum Gasteiger partial charge on any atom is 0.382 e. The molecule has 0 radical (unpaired) electrons. The van der Waals surface area contributed by atoms with E-state index >= 15 is 0 Å². The third kappa shape index (κ3) is 10.4. The van der Waals surface area contributed by atoms with E-state index in [1.807, 2.05) is 0 Å². The Morgan fingerprint density at radius 2 is 1.97 bits per heavy atom. The maximum atomic E-state index is 12.2. The van der Waals surface area contributed by atoms with Crippen LogP contribution in [0.1, 0.15) is 52.7 Å². The zero-order valence-electron chi connectivity index (χ0n) is 17.7. The number of aromatic nitrogens is 1. The van der Waals surface area contributed by atoms with Crippen molar-refractivity contribution in [3.63, 3.8) is 0 Å². The molecule has 13 heteroatoms. The smallest absolute Gasteiger partial charge is 0.382 e. The Labute approximate surface area is 185 Å². The van der Waals surface area contributed by atoms with Gasteiger partial charge in [0.1, 0.15) is 12.2 Å². The number of anilines is 1. The van der Waals surface area contributed by atoms with Gasteiger partial charge in [-0.2, -0.15) is 0 Å². The van der Waals surface area contributed by atoms with E-state index in [1.54, 1.807) is 40.0 Å². The summed E-state index contributed by atoms with van der Waals surface area (Å²) in [6, 6.07) is 0. The molecule has 1 aromatic rings. The number of hydrogen-bond donors (Lipinski definition) is 1. The van der Waals surface area contributed by atoms with Gasteiger partial charge < -0.3 is 19.8 Å². The second-order valence-corrected chi connectivity index (χ2v) is 10.6. The van der Waals surface area contributed by atoms with Crippen LogP contribution < -0.4 is 5.73 Å². The fourth-order valence-corrected chi connectivity index (χ4v) is 4.65. The van der Waals surface area contributed by atoms with Crippen LogP contribution in [0.15, 0.2) is 10.5 Å². The van der Waals surface area contributed by atoms with Crippen LogP contribution in [-0.4, -0.2) is 48.6 Å². The number of hydrogen-bond acceptors (Lipinski definition) is 12. The standard InChI is InChI=1S/C17H28N3O7PS2/c1-6-24-28(29,25-7-2)27-15(22)9-19-23-10-12(13-11-30-16(18)20-13)8-14(21)26-17(3,4)5/h9,11-12H,6-8,10H2,1-5H3,(H2,18,20)/b19-9-. The van der Waals surface area contributed by atoms with E-state index in [0.717, 1.165) is 6.21 Å². The van der Waals surface area contributed by atoms with E-state index < -0.39 is 30.2 Å². The minimum Gasteiger partial charge on any atom is -0.460 e. The van der Waals surface area contributed by atoms with Crippen LogP contribution in [0, 0.1) is 0 Å². The van der Waals surface area contributed by atoms with Crippen LogP contribution in [0.5, 0.6) is 0 Å². The number of nitrogen functional groups attached to an aromatic ring is 1. The van der Waals surface area contributed by atoms with Crippen molar-refractivity contribution in [2.45, 2.75) is 52.6 Å². The van der Waals surface area contributed by atoms with Crippen LogP contribution in [0.4, 0.5) is 5.13 Å². The fourth-order valence-electron chi connectivity index (χ4n) is 2.07. The number of thiazole rings is 1. The number of ether oxygens (including phenoxy) is 1. The number of esters is 1. The molecule has 0 aliphatic carbocycles. The van der Waals surface area contributed by atoms with Gasteiger partial charge in [-0.3, -0.25) is 13.8 Å². The topological polar surface area (TPSA) is 132 Å². The summed E-state index contributed by atoms with van der Waals surface area (Å²) in [6.45, 7) is 6.02. The zero-order chi connectivity index (χ0) is 22.8. The average molecular weight is 482 g/mol. The average Bonchev–Trinajstić information content (AvgIpc) is 3.02. The van der Waals surface area contributed by atoms with Gasteiger partial charge in [-0.05, 0) is 34.6 Å². The van der Waals surface area contributed by atoms with Gasteiger partial charge in [-0.15, -0.1) is 11.3 Å². The van der Waals surface area contributed by atoms with Gasteiger partial charge >= 0.3 is 18.7 Å². The second kappa shape index (κ2) is 12.3. The largest absolute Gasteiger partial charge is 0.460 e. The van der Waals surface area contributed by atoms with E-state index in [4.69, 9.17) is 40.7 Å². The Hall–Kier alpha value is -1.59. The van der Waals surface area contributed by atoms with E-state index in [2.05, 4.69) is 10.1 Å². The lowest BCUT2D eigenvalue weighted by Gasteiger charge is -2.21. The van der Waals surface area contributed by atoms with Crippen LogP contribution in [-0.2, 0) is 44.5 Å². The van der Waals surface area contributed by atoms with Crippen molar-refractivity contribution < 1.29 is 32.7 Å². The Morgan fingerprint density at radius 3 is 2.47 bits per heavy atom. The molecule has 0 amide bonds. The first kappa shape index (κ1) is 26.4. The number of carbonyl (C=O) groups excluding carboxylic acids is 2. The third-order valence-electron chi connectivity index (χ3n) is 3.08. The van der Waals surface area contributed by atoms with Gasteiger partial charge in [0.15, 0.2) is 11.3 Å². The highest BCUT2D eigenvalue weighted by atomic mass is 32.5. The first-order chi connectivity index (χ1) is 14.0. The Kier molecular flexibility index (Phi) is 10.9. The van der Waals surface area contributed by atoms with Crippen LogP contribution in [0.3, 0.4) is 0 Å². The van der Waals surface area contributed by atoms with Gasteiger partial charge in [-0.25, -0.2) is 9.78 Å². The lowest BCUT2D eigenvalue weighted by Crippen LogP contribution is -2.25. The summed E-state index contributed by atoms with van der Waals surface area (Å²) in [6.07, 6.45) is 0.828. The van der Waals surface area contributed by atoms with Crippen molar-refractivity contribution in [3.05, 3.63) is 11.1 Å². The van der Waals surface area contributed by atoms with Gasteiger partial charge in [-0.1, -0.05) is 5.16 Å². The minimum atomic E-state index is -3.17. The Morgan fingerprint density at radius 1 is 1.33 bits per heavy atom. The first-order valence-electron chi connectivity index (χ1n) is 9.18. The first-order valence-corrected chi connectivity index (χ1v) is 12.6. The molecule has 0 fully saturated rings. The van der Waals surface area contributed by atoms with Crippen LogP contribution in [0.25, 0.3) is 0 Å². The predicted molar refractivity (Wildman–Crippen MR) is 118 cm³/mol. The van der Waals surface area contributed by atoms with Crippen molar-refractivity contribution in [3.8, 4) is 0 Å². The summed E-state index contributed by atoms with van der Waals surface area (Å²) >= 11 is 6.35. The summed E-state index contributed by atoms with van der Waals surface area (Å²) in [5, 5.41) is 5.68. The molecular formula is C17H28N3O7PS2. The second-order valence-electron chi connectivity index (χ2n) is 6.82. The number of nitrogens with zero attached hydrogens (tertiary/aromatic N) is 2. The number of rotatable bonds is 12. The zero-order valence-corrected chi connectivity index (χ0v) is 20.2. The molecule has 1 atom stereocenters. The monoisotopic (exact) mass is 481 g/mol. The molecule has 0 saturated carbocycles. The van der Waals surface area contributed by atoms with E-state index in [9.17, 15) is 9.59 Å². The molecule has 1 unspecified atom stereocenters. The van der Waals surface area contributed by atoms with Gasteiger partial charge in [0.2, 0.25) is 0 Å². The quantitative estimate of drug-likeness (QED) is 0.205. The van der Waals surface area contributed by atoms with Gasteiger partial charge in [0.05, 0.1) is 25.3 Å². The molecule has 0 aliphatic heterocycles. The number of oxime groups is 1. The molecule has 0 bridgehead atoms. The summed E-state index contributed by atoms with van der Waals surface area (Å²) in [5.74, 6) is -1.74. The molecule has 1 aromatic heterocycles.